The van der Waals surface area contributed by atoms with Crippen LogP contribution < -0.4 is 10.1 Å². The number of amides is 2. The Morgan fingerprint density at radius 3 is 2.50 bits per heavy atom. The van der Waals surface area contributed by atoms with Gasteiger partial charge >= 0.3 is 5.97 Å². The summed E-state index contributed by atoms with van der Waals surface area (Å²) in [4.78, 5) is 61.2. The number of nitro groups is 1. The fourth-order valence-electron chi connectivity index (χ4n) is 3.54. The lowest BCUT2D eigenvalue weighted by atomic mass is 10.0. The molecule has 12 heteroatoms. The van der Waals surface area contributed by atoms with E-state index in [4.69, 9.17) is 9.47 Å². The van der Waals surface area contributed by atoms with Crippen molar-refractivity contribution in [3.05, 3.63) is 70.3 Å². The summed E-state index contributed by atoms with van der Waals surface area (Å²) in [5.41, 5.74) is 0.387. The lowest BCUT2D eigenvalue weighted by Crippen LogP contribution is -2.76. The Kier molecular flexibility index (Phi) is 6.77. The highest BCUT2D eigenvalue weighted by molar-refractivity contribution is 8.00. The van der Waals surface area contributed by atoms with Crippen molar-refractivity contribution in [2.24, 2.45) is 0 Å². The van der Waals surface area contributed by atoms with Gasteiger partial charge in [-0.25, -0.2) is 4.79 Å². The first-order valence-corrected chi connectivity index (χ1v) is 11.2. The number of β-lactam (4-membered cyclic amide) rings is 1. The summed E-state index contributed by atoms with van der Waals surface area (Å²) in [5, 5.41) is 12.7. The normalized spacial score (nSPS) is 21.2. The molecule has 0 radical (unpaired) electrons. The van der Waals surface area contributed by atoms with E-state index in [1.54, 1.807) is 24.3 Å². The maximum absolute atomic E-state index is 12.7. The van der Waals surface area contributed by atoms with Crippen molar-refractivity contribution < 1.29 is 33.6 Å². The number of carbonyl (C=O) groups is 4. The summed E-state index contributed by atoms with van der Waals surface area (Å²) in [6, 6.07) is 11.9. The topological polar surface area (TPSA) is 145 Å². The predicted octanol–water partition coefficient (Wildman–Crippen LogP) is 1.05. The van der Waals surface area contributed by atoms with E-state index in [0.717, 1.165) is 16.7 Å². The van der Waals surface area contributed by atoms with E-state index < -0.39 is 45.9 Å². The van der Waals surface area contributed by atoms with Crippen LogP contribution in [0.1, 0.15) is 5.56 Å². The van der Waals surface area contributed by atoms with Crippen LogP contribution in [0, 0.1) is 10.1 Å². The average Bonchev–Trinajstić information content (AvgIpc) is 2.85. The SMILES string of the molecule is O=C(COc1ccccc1)NC1C(=O)N2C(C(=O)OCc3ccc([N+](=O)[O-])cc3)C(=O)CS[C@@H]12. The fraction of sp³-hybridized carbons (Fsp3) is 0.273. The number of benzene rings is 2. The van der Waals surface area contributed by atoms with Crippen LogP contribution in [-0.4, -0.2) is 63.2 Å². The molecule has 2 fully saturated rings. The largest absolute Gasteiger partial charge is 0.484 e. The van der Waals surface area contributed by atoms with Crippen LogP contribution in [0.2, 0.25) is 0 Å². The maximum atomic E-state index is 12.7. The zero-order valence-electron chi connectivity index (χ0n) is 17.6. The number of nitrogens with one attached hydrogen (secondary N) is 1. The van der Waals surface area contributed by atoms with E-state index >= 15 is 0 Å². The Hall–Kier alpha value is -3.93. The number of ketones is 1. The molecule has 1 N–H and O–H groups in total. The van der Waals surface area contributed by atoms with Crippen LogP contribution >= 0.6 is 11.8 Å². The van der Waals surface area contributed by atoms with Gasteiger partial charge in [0.2, 0.25) is 5.91 Å². The molecule has 2 unspecified atom stereocenters. The highest BCUT2D eigenvalue weighted by Crippen LogP contribution is 2.37. The van der Waals surface area contributed by atoms with Gasteiger partial charge in [0, 0.05) is 12.1 Å². The third-order valence-corrected chi connectivity index (χ3v) is 6.53. The van der Waals surface area contributed by atoms with Crippen LogP contribution in [0.5, 0.6) is 5.75 Å². The number of Topliss-reactive ketones (excluding diaryl/α,β-unsaturated/α-hetero) is 1. The predicted molar refractivity (Wildman–Crippen MR) is 119 cm³/mol. The number of thioether (sulfide) groups is 1. The molecule has 2 amide bonds. The molecule has 176 valence electrons. The van der Waals surface area contributed by atoms with Crippen molar-refractivity contribution >= 4 is 41.0 Å². The van der Waals surface area contributed by atoms with Gasteiger partial charge in [0.25, 0.3) is 11.6 Å². The molecule has 2 aromatic rings. The standard InChI is InChI=1S/C22H19N3O8S/c26-16-12-34-21-18(23-17(27)11-32-15-4-2-1-3-5-15)20(28)24(21)19(16)22(29)33-10-13-6-8-14(9-7-13)25(30)31/h1-9,18-19,21H,10-12H2,(H,23,27)/t18?,19?,21-/m0/s1. The number of rotatable bonds is 8. The molecule has 0 spiro atoms. The molecule has 2 heterocycles. The van der Waals surface area contributed by atoms with Gasteiger partial charge in [-0.3, -0.25) is 24.5 Å². The Labute approximate surface area is 197 Å². The molecule has 0 aliphatic carbocycles. The summed E-state index contributed by atoms with van der Waals surface area (Å²) in [6.45, 7) is -0.498. The lowest BCUT2D eigenvalue weighted by Gasteiger charge is -2.51. The minimum Gasteiger partial charge on any atom is -0.484 e. The molecular formula is C22H19N3O8S. The van der Waals surface area contributed by atoms with Crippen LogP contribution in [0.3, 0.4) is 0 Å². The molecule has 11 nitrogen and oxygen atoms in total. The number of para-hydroxylation sites is 1. The van der Waals surface area contributed by atoms with Gasteiger partial charge in [-0.05, 0) is 29.8 Å². The van der Waals surface area contributed by atoms with Gasteiger partial charge in [0.05, 0.1) is 10.7 Å². The highest BCUT2D eigenvalue weighted by atomic mass is 32.2. The zero-order chi connectivity index (χ0) is 24.2. The van der Waals surface area contributed by atoms with Crippen molar-refractivity contribution in [2.45, 2.75) is 24.1 Å². The second-order valence-corrected chi connectivity index (χ2v) is 8.60. The summed E-state index contributed by atoms with van der Waals surface area (Å²) in [7, 11) is 0. The number of hydrogen-bond donors (Lipinski definition) is 1. The van der Waals surface area contributed by atoms with Gasteiger partial charge in [-0.2, -0.15) is 0 Å². The number of fused-ring (bicyclic) bond motifs is 1. The Morgan fingerprint density at radius 2 is 1.82 bits per heavy atom. The van der Waals surface area contributed by atoms with Gasteiger partial charge in [-0.1, -0.05) is 18.2 Å². The van der Waals surface area contributed by atoms with Gasteiger partial charge < -0.3 is 19.7 Å². The molecule has 2 aliphatic heterocycles. The van der Waals surface area contributed by atoms with E-state index in [1.807, 2.05) is 6.07 Å². The van der Waals surface area contributed by atoms with Crippen molar-refractivity contribution in [2.75, 3.05) is 12.4 Å². The second-order valence-electron chi connectivity index (χ2n) is 7.49. The summed E-state index contributed by atoms with van der Waals surface area (Å²) in [6.07, 6.45) is 0. The van der Waals surface area contributed by atoms with E-state index in [-0.39, 0.29) is 24.7 Å². The molecule has 0 saturated carbocycles. The average molecular weight is 485 g/mol. The first-order valence-electron chi connectivity index (χ1n) is 10.2. The number of non-ortho nitro benzene ring substituents is 1. The fourth-order valence-corrected chi connectivity index (χ4v) is 4.80. The molecule has 0 bridgehead atoms. The maximum Gasteiger partial charge on any atom is 0.337 e. The van der Waals surface area contributed by atoms with E-state index in [0.29, 0.717) is 11.3 Å². The zero-order valence-corrected chi connectivity index (χ0v) is 18.4. The number of carbonyl (C=O) groups excluding carboxylic acids is 4. The molecule has 3 atom stereocenters. The van der Waals surface area contributed by atoms with Gasteiger partial charge in [0.15, 0.2) is 18.4 Å². The first kappa shape index (κ1) is 23.2. The quantitative estimate of drug-likeness (QED) is 0.191. The number of esters is 1. The monoisotopic (exact) mass is 485 g/mol. The van der Waals surface area contributed by atoms with Crippen molar-refractivity contribution in [3.8, 4) is 5.75 Å². The number of nitro benzene ring substituents is 1. The van der Waals surface area contributed by atoms with Gasteiger partial charge in [0.1, 0.15) is 23.8 Å². The Balaban J connectivity index is 1.32. The highest BCUT2D eigenvalue weighted by Gasteiger charge is 2.58. The Bertz CT molecular complexity index is 1120. The van der Waals surface area contributed by atoms with Crippen LogP contribution in [-0.2, 0) is 30.5 Å². The molecule has 2 aromatic carbocycles. The molecule has 2 saturated heterocycles. The second kappa shape index (κ2) is 9.91. The third-order valence-electron chi connectivity index (χ3n) is 5.24. The molecule has 2 aliphatic rings. The van der Waals surface area contributed by atoms with E-state index in [2.05, 4.69) is 5.32 Å². The number of ether oxygens (including phenoxy) is 2. The summed E-state index contributed by atoms with van der Waals surface area (Å²) < 4.78 is 10.6. The van der Waals surface area contributed by atoms with Crippen molar-refractivity contribution in [3.63, 3.8) is 0 Å². The number of hydrogen-bond acceptors (Lipinski definition) is 9. The minimum atomic E-state index is -1.40. The van der Waals surface area contributed by atoms with Crippen LogP contribution in [0.4, 0.5) is 5.69 Å². The van der Waals surface area contributed by atoms with Crippen LogP contribution in [0.25, 0.3) is 0 Å². The van der Waals surface area contributed by atoms with Crippen molar-refractivity contribution in [1.82, 2.24) is 10.2 Å². The summed E-state index contributed by atoms with van der Waals surface area (Å²) >= 11 is 1.16. The van der Waals surface area contributed by atoms with E-state index in [9.17, 15) is 29.3 Å². The smallest absolute Gasteiger partial charge is 0.337 e. The third kappa shape index (κ3) is 4.86. The summed E-state index contributed by atoms with van der Waals surface area (Å²) in [5.74, 6) is -1.93. The number of nitrogens with zero attached hydrogens (tertiary/aromatic N) is 2. The minimum absolute atomic E-state index is 0.0152. The molecule has 4 rings (SSSR count). The molecule has 0 aromatic heterocycles. The van der Waals surface area contributed by atoms with Gasteiger partial charge in [-0.15, -0.1) is 11.8 Å². The molecule has 34 heavy (non-hydrogen) atoms. The van der Waals surface area contributed by atoms with Crippen LogP contribution in [0.15, 0.2) is 54.6 Å². The Morgan fingerprint density at radius 1 is 1.12 bits per heavy atom. The lowest BCUT2D eigenvalue weighted by molar-refractivity contribution is -0.384. The molecular weight excluding hydrogens is 466 g/mol. The van der Waals surface area contributed by atoms with E-state index in [1.165, 1.54) is 24.3 Å². The first-order chi connectivity index (χ1) is 16.3. The van der Waals surface area contributed by atoms with Crippen molar-refractivity contribution in [1.29, 1.82) is 0 Å².